The predicted molar refractivity (Wildman–Crippen MR) is 108 cm³/mol. The lowest BCUT2D eigenvalue weighted by molar-refractivity contribution is -0.127. The molecule has 7 nitrogen and oxygen atoms in total. The Hall–Kier alpha value is -3.06. The molecule has 148 valence electrons. The first kappa shape index (κ1) is 19.7. The third-order valence-electron chi connectivity index (χ3n) is 4.51. The molecule has 0 spiro atoms. The van der Waals surface area contributed by atoms with Gasteiger partial charge in [-0.2, -0.15) is 0 Å². The van der Waals surface area contributed by atoms with E-state index in [1.54, 1.807) is 5.48 Å². The van der Waals surface area contributed by atoms with Gasteiger partial charge in [-0.05, 0) is 30.5 Å². The van der Waals surface area contributed by atoms with E-state index in [4.69, 9.17) is 9.94 Å². The number of unbranched alkanes of at least 4 members (excludes halogenated alkanes) is 2. The summed E-state index contributed by atoms with van der Waals surface area (Å²) in [6.45, 7) is 2.56. The first-order valence-corrected chi connectivity index (χ1v) is 9.56. The van der Waals surface area contributed by atoms with E-state index >= 15 is 0 Å². The van der Waals surface area contributed by atoms with Gasteiger partial charge < -0.3 is 10.1 Å². The molecule has 0 aliphatic heterocycles. The van der Waals surface area contributed by atoms with Crippen molar-refractivity contribution in [3.8, 4) is 5.75 Å². The van der Waals surface area contributed by atoms with Gasteiger partial charge in [-0.3, -0.25) is 14.4 Å². The van der Waals surface area contributed by atoms with Crippen LogP contribution >= 0.6 is 0 Å². The number of hydrogen-bond donors (Lipinski definition) is 3. The number of ether oxygens (including phenoxy) is 1. The Balaban J connectivity index is 1.87. The smallest absolute Gasteiger partial charge is 0.262 e. The summed E-state index contributed by atoms with van der Waals surface area (Å²) in [7, 11) is 0. The zero-order valence-corrected chi connectivity index (χ0v) is 16.0. The summed E-state index contributed by atoms with van der Waals surface area (Å²) in [5.74, 6) is 0.801. The second-order valence-electron chi connectivity index (χ2n) is 6.59. The molecule has 7 heteroatoms. The Morgan fingerprint density at radius 3 is 2.75 bits per heavy atom. The summed E-state index contributed by atoms with van der Waals surface area (Å²) >= 11 is 0. The number of carbonyl (C=O) groups excluding carboxylic acids is 1. The van der Waals surface area contributed by atoms with Crippen LogP contribution in [0, 0.1) is 0 Å². The summed E-state index contributed by atoms with van der Waals surface area (Å²) in [4.78, 5) is 16.1. The highest BCUT2D eigenvalue weighted by atomic mass is 16.5. The number of carbonyl (C=O) groups is 1. The van der Waals surface area contributed by atoms with Crippen LogP contribution < -0.4 is 15.5 Å². The van der Waals surface area contributed by atoms with E-state index < -0.39 is 5.91 Å². The number of fused-ring (bicyclic) bond motifs is 1. The van der Waals surface area contributed by atoms with Crippen molar-refractivity contribution in [2.75, 3.05) is 11.9 Å². The molecule has 0 fully saturated rings. The minimum absolute atomic E-state index is 0.0542. The molecule has 0 saturated carbocycles. The van der Waals surface area contributed by atoms with Crippen molar-refractivity contribution < 1.29 is 14.7 Å². The fourth-order valence-corrected chi connectivity index (χ4v) is 3.07. The molecule has 28 heavy (non-hydrogen) atoms. The van der Waals surface area contributed by atoms with E-state index in [1.807, 2.05) is 53.1 Å². The lowest BCUT2D eigenvalue weighted by Gasteiger charge is -2.08. The van der Waals surface area contributed by atoms with Gasteiger partial charge in [0.1, 0.15) is 12.4 Å². The Morgan fingerprint density at radius 2 is 2.00 bits per heavy atom. The molecule has 1 amide bonds. The second kappa shape index (κ2) is 9.75. The minimum Gasteiger partial charge on any atom is -0.485 e. The van der Waals surface area contributed by atoms with Crippen LogP contribution in [0.5, 0.6) is 5.75 Å². The van der Waals surface area contributed by atoms with Crippen molar-refractivity contribution in [1.29, 1.82) is 0 Å². The minimum atomic E-state index is -0.517. The average Bonchev–Trinajstić information content (AvgIpc) is 3.09. The predicted octanol–water partition coefficient (Wildman–Crippen LogP) is 3.56. The van der Waals surface area contributed by atoms with Gasteiger partial charge in [0.25, 0.3) is 5.91 Å². The highest BCUT2D eigenvalue weighted by molar-refractivity contribution is 5.79. The number of aryl methyl sites for hydroxylation is 1. The van der Waals surface area contributed by atoms with E-state index in [9.17, 15) is 4.79 Å². The van der Waals surface area contributed by atoms with E-state index in [1.165, 1.54) is 0 Å². The highest BCUT2D eigenvalue weighted by Gasteiger charge is 2.16. The van der Waals surface area contributed by atoms with Gasteiger partial charge in [-0.15, -0.1) is 0 Å². The van der Waals surface area contributed by atoms with Gasteiger partial charge in [0.15, 0.2) is 11.4 Å². The highest BCUT2D eigenvalue weighted by Crippen LogP contribution is 2.27. The van der Waals surface area contributed by atoms with Gasteiger partial charge in [0.05, 0.1) is 12.2 Å². The van der Waals surface area contributed by atoms with Gasteiger partial charge in [0.2, 0.25) is 0 Å². The molecule has 0 aliphatic rings. The first-order chi connectivity index (χ1) is 13.7. The molecule has 3 rings (SSSR count). The van der Waals surface area contributed by atoms with E-state index in [0.29, 0.717) is 23.8 Å². The van der Waals surface area contributed by atoms with Crippen molar-refractivity contribution in [1.82, 2.24) is 14.9 Å². The molecule has 0 saturated heterocycles. The van der Waals surface area contributed by atoms with Crippen LogP contribution in [-0.4, -0.2) is 27.0 Å². The van der Waals surface area contributed by atoms with Gasteiger partial charge in [-0.1, -0.05) is 50.1 Å². The number of anilines is 1. The molecule has 0 atom stereocenters. The number of nitrogens with one attached hydrogen (secondary N) is 2. The number of pyridine rings is 1. The molecule has 0 aliphatic carbocycles. The molecule has 0 radical (unpaired) electrons. The maximum absolute atomic E-state index is 11.4. The molecular formula is C21H26N4O3. The number of aromatic nitrogens is 2. The molecule has 2 aromatic heterocycles. The first-order valence-electron chi connectivity index (χ1n) is 9.56. The van der Waals surface area contributed by atoms with Crippen LogP contribution in [0.4, 0.5) is 5.82 Å². The van der Waals surface area contributed by atoms with Crippen molar-refractivity contribution >= 4 is 17.4 Å². The number of benzene rings is 1. The maximum Gasteiger partial charge on any atom is 0.262 e. The molecular weight excluding hydrogens is 356 g/mol. The van der Waals surface area contributed by atoms with Gasteiger partial charge in [0, 0.05) is 6.20 Å². The molecule has 0 bridgehead atoms. The Morgan fingerprint density at radius 1 is 1.18 bits per heavy atom. The number of amides is 1. The average molecular weight is 382 g/mol. The van der Waals surface area contributed by atoms with Crippen molar-refractivity contribution in [3.05, 3.63) is 59.9 Å². The summed E-state index contributed by atoms with van der Waals surface area (Å²) in [5.41, 5.74) is 4.42. The number of hydroxylamine groups is 1. The largest absolute Gasteiger partial charge is 0.485 e. The Bertz CT molecular complexity index is 909. The summed E-state index contributed by atoms with van der Waals surface area (Å²) in [6.07, 6.45) is 6.06. The summed E-state index contributed by atoms with van der Waals surface area (Å²) in [5, 5.41) is 11.8. The molecule has 3 N–H and O–H groups in total. The van der Waals surface area contributed by atoms with E-state index in [-0.39, 0.29) is 6.54 Å². The fourth-order valence-electron chi connectivity index (χ4n) is 3.07. The van der Waals surface area contributed by atoms with Crippen LogP contribution in [-0.2, 0) is 17.8 Å². The van der Waals surface area contributed by atoms with Crippen LogP contribution in [0.2, 0.25) is 0 Å². The number of rotatable bonds is 10. The topological polar surface area (TPSA) is 87.9 Å². The van der Waals surface area contributed by atoms with Gasteiger partial charge >= 0.3 is 0 Å². The maximum atomic E-state index is 11.4. The third kappa shape index (κ3) is 4.80. The van der Waals surface area contributed by atoms with E-state index in [0.717, 1.165) is 36.9 Å². The number of hydrogen-bond acceptors (Lipinski definition) is 5. The molecule has 3 aromatic rings. The van der Waals surface area contributed by atoms with Crippen LogP contribution in [0.1, 0.15) is 37.4 Å². The normalized spacial score (nSPS) is 10.8. The van der Waals surface area contributed by atoms with Gasteiger partial charge in [-0.25, -0.2) is 10.5 Å². The fraction of sp³-hybridized carbons (Fsp3) is 0.333. The lowest BCUT2D eigenvalue weighted by Crippen LogP contribution is -2.27. The van der Waals surface area contributed by atoms with Crippen molar-refractivity contribution in [3.63, 3.8) is 0 Å². The Kier molecular flexibility index (Phi) is 6.86. The zero-order chi connectivity index (χ0) is 19.8. The number of nitrogens with zero attached hydrogens (tertiary/aromatic N) is 2. The van der Waals surface area contributed by atoms with Crippen molar-refractivity contribution in [2.45, 2.75) is 39.2 Å². The molecule has 1 aromatic carbocycles. The van der Waals surface area contributed by atoms with Crippen LogP contribution in [0.15, 0.2) is 48.7 Å². The quantitative estimate of drug-likeness (QED) is 0.283. The van der Waals surface area contributed by atoms with E-state index in [2.05, 4.69) is 17.2 Å². The summed E-state index contributed by atoms with van der Waals surface area (Å²) < 4.78 is 8.02. The summed E-state index contributed by atoms with van der Waals surface area (Å²) in [6, 6.07) is 13.8. The van der Waals surface area contributed by atoms with Crippen molar-refractivity contribution in [2.24, 2.45) is 0 Å². The molecule has 0 unspecified atom stereocenters. The lowest BCUT2D eigenvalue weighted by atomic mass is 10.1. The second-order valence-corrected chi connectivity index (χ2v) is 6.59. The number of imidazole rings is 1. The SMILES string of the molecule is CCCCCc1c(NCC(=O)NO)nc2c(OCc3ccccc3)cccn12. The standard InChI is InChI=1S/C21H26N4O3/c1-2-3-5-11-17-20(22-14-19(26)24-27)23-21-18(12-8-13-25(17)21)28-15-16-9-6-4-7-10-16/h4,6-10,12-13,22,27H,2-3,5,11,14-15H2,1H3,(H,24,26). The zero-order valence-electron chi connectivity index (χ0n) is 16.0. The monoisotopic (exact) mass is 382 g/mol. The van der Waals surface area contributed by atoms with Crippen LogP contribution in [0.3, 0.4) is 0 Å². The molecule has 2 heterocycles. The van der Waals surface area contributed by atoms with Crippen LogP contribution in [0.25, 0.3) is 5.65 Å². The third-order valence-corrected chi connectivity index (χ3v) is 4.51. The Labute approximate surface area is 164 Å².